The standard InChI is InChI=1S/C32H44N2O2S/c1-3-4-5-6-7-8-9-10-11-12-13-14-23-36-31-20-18-29(19-21-31)32(35)33-30-17-15-16-28(25-30)26-34-22-24-37-27(34)2/h15-22,24-25H,3-14,23,26H2,1-2H3/p+1. The van der Waals surface area contributed by atoms with E-state index in [4.69, 9.17) is 4.74 Å². The van der Waals surface area contributed by atoms with Gasteiger partial charge in [0.05, 0.1) is 12.0 Å². The number of hydrogen-bond donors (Lipinski definition) is 1. The highest BCUT2D eigenvalue weighted by Gasteiger charge is 2.11. The van der Waals surface area contributed by atoms with Crippen LogP contribution >= 0.6 is 11.3 Å². The summed E-state index contributed by atoms with van der Waals surface area (Å²) in [5.74, 6) is 0.716. The number of unbranched alkanes of at least 4 members (excludes halogenated alkanes) is 11. The molecule has 1 N–H and O–H groups in total. The maximum Gasteiger partial charge on any atom is 0.255 e. The number of benzene rings is 2. The van der Waals surface area contributed by atoms with Crippen LogP contribution in [0.3, 0.4) is 0 Å². The fourth-order valence-corrected chi connectivity index (χ4v) is 5.19. The fraction of sp³-hybridized carbons (Fsp3) is 0.500. The van der Waals surface area contributed by atoms with Crippen molar-refractivity contribution in [1.29, 1.82) is 0 Å². The molecule has 0 unspecified atom stereocenters. The summed E-state index contributed by atoms with van der Waals surface area (Å²) < 4.78 is 8.10. The molecule has 0 aliphatic carbocycles. The number of amides is 1. The van der Waals surface area contributed by atoms with Crippen molar-refractivity contribution < 1.29 is 14.1 Å². The van der Waals surface area contributed by atoms with E-state index in [0.717, 1.165) is 36.6 Å². The third-order valence-electron chi connectivity index (χ3n) is 6.80. The zero-order chi connectivity index (χ0) is 26.1. The van der Waals surface area contributed by atoms with Crippen LogP contribution in [0.5, 0.6) is 5.75 Å². The lowest BCUT2D eigenvalue weighted by molar-refractivity contribution is -0.689. The van der Waals surface area contributed by atoms with E-state index in [2.05, 4.69) is 41.4 Å². The van der Waals surface area contributed by atoms with Gasteiger partial charge in [-0.25, -0.2) is 0 Å². The first-order valence-corrected chi connectivity index (χ1v) is 15.1. The summed E-state index contributed by atoms with van der Waals surface area (Å²) in [6, 6.07) is 15.5. The predicted molar refractivity (Wildman–Crippen MR) is 156 cm³/mol. The molecular weight excluding hydrogens is 476 g/mol. The molecule has 0 atom stereocenters. The molecule has 0 aliphatic heterocycles. The van der Waals surface area contributed by atoms with Gasteiger partial charge in [0.25, 0.3) is 5.91 Å². The number of aryl methyl sites for hydroxylation is 1. The first-order valence-electron chi connectivity index (χ1n) is 14.2. The monoisotopic (exact) mass is 521 g/mol. The summed E-state index contributed by atoms with van der Waals surface area (Å²) >= 11 is 1.73. The summed E-state index contributed by atoms with van der Waals surface area (Å²) in [6.07, 6.45) is 18.2. The van der Waals surface area contributed by atoms with E-state index in [1.807, 2.05) is 42.5 Å². The molecule has 2 aromatic carbocycles. The fourth-order valence-electron chi connectivity index (χ4n) is 4.52. The van der Waals surface area contributed by atoms with Crippen molar-refractivity contribution in [3.8, 4) is 5.75 Å². The van der Waals surface area contributed by atoms with Crippen molar-refractivity contribution >= 4 is 22.9 Å². The minimum Gasteiger partial charge on any atom is -0.494 e. The highest BCUT2D eigenvalue weighted by atomic mass is 32.1. The molecule has 0 spiro atoms. The summed E-state index contributed by atoms with van der Waals surface area (Å²) in [5, 5.41) is 6.37. The Labute approximate surface area is 228 Å². The molecule has 0 fully saturated rings. The normalized spacial score (nSPS) is 11.0. The molecule has 3 aromatic rings. The smallest absolute Gasteiger partial charge is 0.255 e. The van der Waals surface area contributed by atoms with Gasteiger partial charge in [0.15, 0.2) is 12.7 Å². The highest BCUT2D eigenvalue weighted by Crippen LogP contribution is 2.17. The Kier molecular flexibility index (Phi) is 13.3. The van der Waals surface area contributed by atoms with Gasteiger partial charge >= 0.3 is 0 Å². The minimum absolute atomic E-state index is 0.107. The Morgan fingerprint density at radius 2 is 1.51 bits per heavy atom. The Balaban J connectivity index is 1.29. The molecular formula is C32H45N2O2S+. The van der Waals surface area contributed by atoms with Crippen molar-refractivity contribution in [2.24, 2.45) is 0 Å². The molecule has 1 aromatic heterocycles. The number of nitrogens with zero attached hydrogens (tertiary/aromatic N) is 1. The van der Waals surface area contributed by atoms with Crippen LogP contribution in [0.4, 0.5) is 5.69 Å². The molecule has 5 heteroatoms. The van der Waals surface area contributed by atoms with E-state index in [9.17, 15) is 4.79 Å². The van der Waals surface area contributed by atoms with Crippen LogP contribution < -0.4 is 14.6 Å². The van der Waals surface area contributed by atoms with Crippen molar-refractivity contribution in [3.05, 3.63) is 76.2 Å². The highest BCUT2D eigenvalue weighted by molar-refractivity contribution is 7.09. The van der Waals surface area contributed by atoms with Crippen LogP contribution in [0.15, 0.2) is 60.1 Å². The van der Waals surface area contributed by atoms with Crippen LogP contribution in [0.25, 0.3) is 0 Å². The second-order valence-electron chi connectivity index (χ2n) is 9.97. The third-order valence-corrected chi connectivity index (χ3v) is 7.64. The van der Waals surface area contributed by atoms with E-state index >= 15 is 0 Å². The van der Waals surface area contributed by atoms with E-state index in [-0.39, 0.29) is 5.91 Å². The first kappa shape index (κ1) is 28.9. The lowest BCUT2D eigenvalue weighted by atomic mass is 10.1. The zero-order valence-electron chi connectivity index (χ0n) is 22.8. The SMILES string of the molecule is CCCCCCCCCCCCCCOc1ccc(C(=O)Nc2cccc(C[n+]3ccsc3C)c2)cc1. The molecule has 1 amide bonds. The second kappa shape index (κ2) is 17.0. The number of anilines is 1. The minimum atomic E-state index is -0.107. The average Bonchev–Trinajstić information content (AvgIpc) is 3.31. The van der Waals surface area contributed by atoms with Gasteiger partial charge in [-0.05, 0) is 42.8 Å². The summed E-state index contributed by atoms with van der Waals surface area (Å²) in [6.45, 7) is 5.92. The maximum absolute atomic E-state index is 12.7. The van der Waals surface area contributed by atoms with Gasteiger partial charge in [-0.1, -0.05) is 101 Å². The molecule has 0 bridgehead atoms. The van der Waals surface area contributed by atoms with Crippen LogP contribution in [0, 0.1) is 6.92 Å². The average molecular weight is 522 g/mol. The Hall–Kier alpha value is -2.66. The van der Waals surface area contributed by atoms with Gasteiger partial charge in [-0.3, -0.25) is 4.79 Å². The zero-order valence-corrected chi connectivity index (χ0v) is 23.7. The maximum atomic E-state index is 12.7. The Bertz CT molecular complexity index is 1040. The van der Waals surface area contributed by atoms with Crippen molar-refractivity contribution in [3.63, 3.8) is 0 Å². The number of nitrogens with one attached hydrogen (secondary N) is 1. The molecule has 3 rings (SSSR count). The van der Waals surface area contributed by atoms with Crippen LogP contribution in [-0.4, -0.2) is 12.5 Å². The molecule has 0 aliphatic rings. The van der Waals surface area contributed by atoms with Gasteiger partial charge in [-0.2, -0.15) is 4.57 Å². The summed E-state index contributed by atoms with van der Waals surface area (Å²) in [4.78, 5) is 12.7. The predicted octanol–water partition coefficient (Wildman–Crippen LogP) is 8.72. The third kappa shape index (κ3) is 11.1. The van der Waals surface area contributed by atoms with Gasteiger partial charge in [0, 0.05) is 23.7 Å². The topological polar surface area (TPSA) is 42.2 Å². The Morgan fingerprint density at radius 1 is 0.865 bits per heavy atom. The second-order valence-corrected chi connectivity index (χ2v) is 11.1. The van der Waals surface area contributed by atoms with Crippen LogP contribution in [-0.2, 0) is 6.54 Å². The molecule has 1 heterocycles. The van der Waals surface area contributed by atoms with E-state index in [1.165, 1.54) is 75.6 Å². The lowest BCUT2D eigenvalue weighted by Gasteiger charge is -2.09. The largest absolute Gasteiger partial charge is 0.494 e. The Morgan fingerprint density at radius 3 is 2.14 bits per heavy atom. The number of hydrogen-bond acceptors (Lipinski definition) is 3. The molecule has 0 saturated heterocycles. The van der Waals surface area contributed by atoms with Gasteiger partial charge in [0.1, 0.15) is 5.75 Å². The van der Waals surface area contributed by atoms with E-state index < -0.39 is 0 Å². The van der Waals surface area contributed by atoms with Crippen LogP contribution in [0.1, 0.15) is 105 Å². The molecule has 4 nitrogen and oxygen atoms in total. The number of ether oxygens (including phenoxy) is 1. The number of thiazole rings is 1. The number of carbonyl (C=O) groups excluding carboxylic acids is 1. The first-order chi connectivity index (χ1) is 18.2. The molecule has 0 radical (unpaired) electrons. The summed E-state index contributed by atoms with van der Waals surface area (Å²) in [5.41, 5.74) is 2.60. The van der Waals surface area contributed by atoms with E-state index in [1.54, 1.807) is 11.3 Å². The van der Waals surface area contributed by atoms with E-state index in [0.29, 0.717) is 5.56 Å². The molecule has 0 saturated carbocycles. The van der Waals surface area contributed by atoms with Crippen LogP contribution in [0.2, 0.25) is 0 Å². The van der Waals surface area contributed by atoms with Gasteiger partial charge < -0.3 is 10.1 Å². The summed E-state index contributed by atoms with van der Waals surface area (Å²) in [7, 11) is 0. The van der Waals surface area contributed by atoms with Gasteiger partial charge in [0.2, 0.25) is 5.01 Å². The van der Waals surface area contributed by atoms with Crippen molar-refractivity contribution in [2.75, 3.05) is 11.9 Å². The molecule has 37 heavy (non-hydrogen) atoms. The quantitative estimate of drug-likeness (QED) is 0.134. The van der Waals surface area contributed by atoms with Crippen molar-refractivity contribution in [2.45, 2.75) is 97.4 Å². The lowest BCUT2D eigenvalue weighted by Crippen LogP contribution is -2.34. The molecule has 200 valence electrons. The van der Waals surface area contributed by atoms with Crippen molar-refractivity contribution in [1.82, 2.24) is 0 Å². The number of aromatic nitrogens is 1. The number of carbonyl (C=O) groups is 1. The number of rotatable bonds is 18. The van der Waals surface area contributed by atoms with Gasteiger partial charge in [-0.15, -0.1) is 0 Å².